The zero-order chi connectivity index (χ0) is 13.7. The summed E-state index contributed by atoms with van der Waals surface area (Å²) >= 11 is 9.34. The van der Waals surface area contributed by atoms with Gasteiger partial charge in [0.15, 0.2) is 17.3 Å². The van der Waals surface area contributed by atoms with Crippen LogP contribution in [0.1, 0.15) is 31.1 Å². The van der Waals surface area contributed by atoms with Crippen LogP contribution < -0.4 is 9.47 Å². The third kappa shape index (κ3) is 3.62. The SMILES string of the molecule is CCOc1cc(Cl)c(C(=O)C(C)Br)cc1OCC. The molecule has 0 heterocycles. The lowest BCUT2D eigenvalue weighted by atomic mass is 10.1. The fraction of sp³-hybridized carbons (Fsp3) is 0.462. The monoisotopic (exact) mass is 334 g/mol. The molecule has 0 aliphatic heterocycles. The van der Waals surface area contributed by atoms with E-state index in [-0.39, 0.29) is 10.6 Å². The Kier molecular flexibility index (Phi) is 5.96. The summed E-state index contributed by atoms with van der Waals surface area (Å²) in [7, 11) is 0. The van der Waals surface area contributed by atoms with E-state index in [1.807, 2.05) is 13.8 Å². The average Bonchev–Trinajstić information content (AvgIpc) is 2.32. The lowest BCUT2D eigenvalue weighted by molar-refractivity contribution is 0.0995. The van der Waals surface area contributed by atoms with Gasteiger partial charge in [-0.05, 0) is 26.8 Å². The second-order valence-corrected chi connectivity index (χ2v) is 5.41. The largest absolute Gasteiger partial charge is 0.490 e. The van der Waals surface area contributed by atoms with Crippen LogP contribution in [0.4, 0.5) is 0 Å². The Morgan fingerprint density at radius 2 is 1.78 bits per heavy atom. The predicted octanol–water partition coefficient (Wildman–Crippen LogP) is 4.10. The highest BCUT2D eigenvalue weighted by atomic mass is 79.9. The maximum absolute atomic E-state index is 12.0. The Morgan fingerprint density at radius 1 is 1.28 bits per heavy atom. The van der Waals surface area contributed by atoms with Crippen LogP contribution >= 0.6 is 27.5 Å². The van der Waals surface area contributed by atoms with Gasteiger partial charge >= 0.3 is 0 Å². The molecule has 3 nitrogen and oxygen atoms in total. The number of ether oxygens (including phenoxy) is 2. The number of alkyl halides is 1. The summed E-state index contributed by atoms with van der Waals surface area (Å²) in [6.07, 6.45) is 0. The number of ketones is 1. The summed E-state index contributed by atoms with van der Waals surface area (Å²) in [5, 5.41) is 0.373. The molecule has 0 bridgehead atoms. The molecule has 0 fully saturated rings. The molecular formula is C13H16BrClO3. The number of carbonyl (C=O) groups excluding carboxylic acids is 1. The molecule has 0 aliphatic rings. The van der Waals surface area contributed by atoms with Gasteiger partial charge < -0.3 is 9.47 Å². The molecular weight excluding hydrogens is 319 g/mol. The van der Waals surface area contributed by atoms with Crippen molar-refractivity contribution in [3.8, 4) is 11.5 Å². The van der Waals surface area contributed by atoms with Gasteiger partial charge in [0.05, 0.1) is 23.1 Å². The summed E-state index contributed by atoms with van der Waals surface area (Å²) in [4.78, 5) is 11.7. The second-order valence-electron chi connectivity index (χ2n) is 3.63. The van der Waals surface area contributed by atoms with Gasteiger partial charge in [0.2, 0.25) is 0 Å². The molecule has 1 aromatic carbocycles. The molecule has 1 aromatic rings. The van der Waals surface area contributed by atoms with Crippen molar-refractivity contribution in [2.45, 2.75) is 25.6 Å². The van der Waals surface area contributed by atoms with Crippen molar-refractivity contribution >= 4 is 33.3 Å². The van der Waals surface area contributed by atoms with E-state index < -0.39 is 0 Å². The van der Waals surface area contributed by atoms with E-state index >= 15 is 0 Å². The van der Waals surface area contributed by atoms with E-state index in [1.165, 1.54) is 0 Å². The first-order chi connectivity index (χ1) is 8.51. The van der Waals surface area contributed by atoms with Crippen LogP contribution in [0.25, 0.3) is 0 Å². The first kappa shape index (κ1) is 15.3. The van der Waals surface area contributed by atoms with Crippen molar-refractivity contribution in [1.82, 2.24) is 0 Å². The van der Waals surface area contributed by atoms with E-state index in [4.69, 9.17) is 21.1 Å². The van der Waals surface area contributed by atoms with Crippen molar-refractivity contribution < 1.29 is 14.3 Å². The van der Waals surface area contributed by atoms with Crippen LogP contribution in [0.15, 0.2) is 12.1 Å². The number of Topliss-reactive ketones (excluding diaryl/α,β-unsaturated/α-hetero) is 1. The van der Waals surface area contributed by atoms with E-state index in [2.05, 4.69) is 15.9 Å². The first-order valence-corrected chi connectivity index (χ1v) is 7.08. The van der Waals surface area contributed by atoms with Gasteiger partial charge in [-0.1, -0.05) is 27.5 Å². The second kappa shape index (κ2) is 7.00. The Labute approximate surface area is 121 Å². The molecule has 0 saturated carbocycles. The molecule has 1 unspecified atom stereocenters. The molecule has 5 heteroatoms. The molecule has 0 saturated heterocycles. The molecule has 1 rings (SSSR count). The number of rotatable bonds is 6. The van der Waals surface area contributed by atoms with Crippen LogP contribution in [0.3, 0.4) is 0 Å². The number of hydrogen-bond acceptors (Lipinski definition) is 3. The van der Waals surface area contributed by atoms with Gasteiger partial charge in [-0.3, -0.25) is 4.79 Å². The lowest BCUT2D eigenvalue weighted by Crippen LogP contribution is -2.11. The van der Waals surface area contributed by atoms with Crippen LogP contribution in [0, 0.1) is 0 Å². The van der Waals surface area contributed by atoms with E-state index in [0.717, 1.165) is 0 Å². The highest BCUT2D eigenvalue weighted by Crippen LogP contribution is 2.34. The van der Waals surface area contributed by atoms with Crippen molar-refractivity contribution in [3.05, 3.63) is 22.7 Å². The van der Waals surface area contributed by atoms with Gasteiger partial charge in [0, 0.05) is 11.6 Å². The van der Waals surface area contributed by atoms with Crippen molar-refractivity contribution in [3.63, 3.8) is 0 Å². The summed E-state index contributed by atoms with van der Waals surface area (Å²) < 4.78 is 10.9. The molecule has 18 heavy (non-hydrogen) atoms. The summed E-state index contributed by atoms with van der Waals surface area (Å²) in [6.45, 7) is 6.52. The van der Waals surface area contributed by atoms with Crippen molar-refractivity contribution in [2.24, 2.45) is 0 Å². The average molecular weight is 336 g/mol. The first-order valence-electron chi connectivity index (χ1n) is 5.78. The summed E-state index contributed by atoms with van der Waals surface area (Å²) in [6, 6.07) is 3.26. The van der Waals surface area contributed by atoms with Crippen LogP contribution in [-0.2, 0) is 0 Å². The normalized spacial score (nSPS) is 12.1. The molecule has 0 radical (unpaired) electrons. The zero-order valence-electron chi connectivity index (χ0n) is 10.6. The molecule has 0 aromatic heterocycles. The highest BCUT2D eigenvalue weighted by molar-refractivity contribution is 9.10. The summed E-state index contributed by atoms with van der Waals surface area (Å²) in [5.74, 6) is 1.02. The molecule has 0 aliphatic carbocycles. The molecule has 0 amide bonds. The molecule has 0 spiro atoms. The van der Waals surface area contributed by atoms with Gasteiger partial charge in [-0.15, -0.1) is 0 Å². The third-order valence-corrected chi connectivity index (χ3v) is 2.99. The van der Waals surface area contributed by atoms with Crippen molar-refractivity contribution in [2.75, 3.05) is 13.2 Å². The predicted molar refractivity (Wildman–Crippen MR) is 76.5 cm³/mol. The van der Waals surface area contributed by atoms with E-state index in [1.54, 1.807) is 19.1 Å². The number of benzene rings is 1. The maximum Gasteiger partial charge on any atom is 0.177 e. The number of halogens is 2. The van der Waals surface area contributed by atoms with Crippen LogP contribution in [0.5, 0.6) is 11.5 Å². The Morgan fingerprint density at radius 3 is 2.22 bits per heavy atom. The minimum absolute atomic E-state index is 0.0796. The standard InChI is InChI=1S/C13H16BrClO3/c1-4-17-11-6-9(13(16)8(3)14)10(15)7-12(11)18-5-2/h6-8H,4-5H2,1-3H3. The summed E-state index contributed by atoms with van der Waals surface area (Å²) in [5.41, 5.74) is 0.438. The number of carbonyl (C=O) groups is 1. The topological polar surface area (TPSA) is 35.5 Å². The minimum atomic E-state index is -0.289. The van der Waals surface area contributed by atoms with Crippen LogP contribution in [0.2, 0.25) is 5.02 Å². The van der Waals surface area contributed by atoms with Crippen molar-refractivity contribution in [1.29, 1.82) is 0 Å². The Bertz CT molecular complexity index is 432. The third-order valence-electron chi connectivity index (χ3n) is 2.26. The fourth-order valence-corrected chi connectivity index (χ4v) is 1.97. The Hall–Kier alpha value is -0.740. The van der Waals surface area contributed by atoms with Gasteiger partial charge in [0.25, 0.3) is 0 Å². The highest BCUT2D eigenvalue weighted by Gasteiger charge is 2.19. The Balaban J connectivity index is 3.21. The maximum atomic E-state index is 12.0. The van der Waals surface area contributed by atoms with E-state index in [9.17, 15) is 4.79 Å². The fourth-order valence-electron chi connectivity index (χ4n) is 1.47. The van der Waals surface area contributed by atoms with Gasteiger partial charge in [-0.25, -0.2) is 0 Å². The van der Waals surface area contributed by atoms with Gasteiger partial charge in [-0.2, -0.15) is 0 Å². The minimum Gasteiger partial charge on any atom is -0.490 e. The zero-order valence-corrected chi connectivity index (χ0v) is 13.0. The quantitative estimate of drug-likeness (QED) is 0.580. The van der Waals surface area contributed by atoms with Crippen LogP contribution in [-0.4, -0.2) is 23.8 Å². The molecule has 100 valence electrons. The smallest absolute Gasteiger partial charge is 0.177 e. The molecule has 0 N–H and O–H groups in total. The molecule has 1 atom stereocenters. The van der Waals surface area contributed by atoms with E-state index in [0.29, 0.717) is 35.3 Å². The van der Waals surface area contributed by atoms with Gasteiger partial charge in [0.1, 0.15) is 0 Å². The lowest BCUT2D eigenvalue weighted by Gasteiger charge is -2.14. The number of hydrogen-bond donors (Lipinski definition) is 0.